The summed E-state index contributed by atoms with van der Waals surface area (Å²) >= 11 is 1.52. The Labute approximate surface area is 123 Å². The van der Waals surface area contributed by atoms with E-state index in [2.05, 4.69) is 9.97 Å². The zero-order chi connectivity index (χ0) is 14.7. The van der Waals surface area contributed by atoms with Gasteiger partial charge in [-0.05, 0) is 50.7 Å². The van der Waals surface area contributed by atoms with Crippen LogP contribution >= 0.6 is 11.8 Å². The molecule has 106 valence electrons. The maximum Gasteiger partial charge on any atom is 0.192 e. The third-order valence-electron chi connectivity index (χ3n) is 2.86. The lowest BCUT2D eigenvalue weighted by atomic mass is 10.1. The number of benzene rings is 1. The topological polar surface area (TPSA) is 61.0 Å². The van der Waals surface area contributed by atoms with Crippen molar-refractivity contribution in [1.82, 2.24) is 9.97 Å². The SMILES string of the molecule is COc1cccc(Sc2nc(C)cc(C)n2)c1C(C)N. The van der Waals surface area contributed by atoms with Crippen molar-refractivity contribution in [2.24, 2.45) is 5.73 Å². The number of aryl methyl sites for hydroxylation is 2. The first-order chi connectivity index (χ1) is 9.51. The minimum atomic E-state index is -0.112. The summed E-state index contributed by atoms with van der Waals surface area (Å²) in [5.74, 6) is 0.800. The van der Waals surface area contributed by atoms with Crippen molar-refractivity contribution in [3.8, 4) is 5.75 Å². The number of ether oxygens (including phenoxy) is 1. The van der Waals surface area contributed by atoms with Crippen LogP contribution in [0.15, 0.2) is 34.3 Å². The first-order valence-corrected chi connectivity index (χ1v) is 7.25. The number of aromatic nitrogens is 2. The largest absolute Gasteiger partial charge is 0.496 e. The van der Waals surface area contributed by atoms with E-state index in [0.717, 1.165) is 32.8 Å². The molecule has 1 aromatic heterocycles. The van der Waals surface area contributed by atoms with E-state index < -0.39 is 0 Å². The summed E-state index contributed by atoms with van der Waals surface area (Å²) < 4.78 is 5.40. The van der Waals surface area contributed by atoms with Crippen LogP contribution in [0.25, 0.3) is 0 Å². The maximum atomic E-state index is 6.07. The Kier molecular flexibility index (Phi) is 4.62. The Morgan fingerprint density at radius 1 is 1.20 bits per heavy atom. The van der Waals surface area contributed by atoms with Gasteiger partial charge in [0.25, 0.3) is 0 Å². The van der Waals surface area contributed by atoms with Crippen molar-refractivity contribution in [2.75, 3.05) is 7.11 Å². The summed E-state index contributed by atoms with van der Waals surface area (Å²) in [6.07, 6.45) is 0. The summed E-state index contributed by atoms with van der Waals surface area (Å²) in [6, 6.07) is 7.75. The molecular weight excluding hydrogens is 270 g/mol. The van der Waals surface area contributed by atoms with Crippen molar-refractivity contribution in [1.29, 1.82) is 0 Å². The number of nitrogens with zero attached hydrogens (tertiary/aromatic N) is 2. The third kappa shape index (κ3) is 3.29. The fourth-order valence-electron chi connectivity index (χ4n) is 2.08. The lowest BCUT2D eigenvalue weighted by Crippen LogP contribution is -2.08. The Balaban J connectivity index is 2.42. The van der Waals surface area contributed by atoms with Crippen LogP contribution in [0.3, 0.4) is 0 Å². The normalized spacial score (nSPS) is 12.2. The Hall–Kier alpha value is -1.59. The average molecular weight is 289 g/mol. The second kappa shape index (κ2) is 6.24. The van der Waals surface area contributed by atoms with Crippen LogP contribution in [-0.2, 0) is 0 Å². The van der Waals surface area contributed by atoms with Gasteiger partial charge in [0.2, 0.25) is 0 Å². The molecule has 20 heavy (non-hydrogen) atoms. The number of hydrogen-bond acceptors (Lipinski definition) is 5. The highest BCUT2D eigenvalue weighted by Gasteiger charge is 2.15. The maximum absolute atomic E-state index is 6.07. The molecule has 2 N–H and O–H groups in total. The smallest absolute Gasteiger partial charge is 0.192 e. The quantitative estimate of drug-likeness (QED) is 0.875. The molecule has 0 fully saturated rings. The molecule has 2 rings (SSSR count). The number of nitrogens with two attached hydrogens (primary N) is 1. The van der Waals surface area contributed by atoms with Crippen LogP contribution in [-0.4, -0.2) is 17.1 Å². The number of hydrogen-bond donors (Lipinski definition) is 1. The van der Waals surface area contributed by atoms with Crippen LogP contribution in [0.4, 0.5) is 0 Å². The zero-order valence-electron chi connectivity index (χ0n) is 12.2. The van der Waals surface area contributed by atoms with Gasteiger partial charge in [0, 0.05) is 27.9 Å². The van der Waals surface area contributed by atoms with E-state index in [4.69, 9.17) is 10.5 Å². The van der Waals surface area contributed by atoms with Gasteiger partial charge in [-0.2, -0.15) is 0 Å². The van der Waals surface area contributed by atoms with Crippen molar-refractivity contribution >= 4 is 11.8 Å². The van der Waals surface area contributed by atoms with Gasteiger partial charge < -0.3 is 10.5 Å². The van der Waals surface area contributed by atoms with Gasteiger partial charge >= 0.3 is 0 Å². The summed E-state index contributed by atoms with van der Waals surface area (Å²) in [6.45, 7) is 5.89. The lowest BCUT2D eigenvalue weighted by molar-refractivity contribution is 0.405. The molecule has 1 atom stereocenters. The molecule has 0 aliphatic rings. The fourth-order valence-corrected chi connectivity index (χ4v) is 3.20. The molecule has 5 heteroatoms. The molecule has 0 radical (unpaired) electrons. The van der Waals surface area contributed by atoms with E-state index in [9.17, 15) is 0 Å². The van der Waals surface area contributed by atoms with E-state index in [1.807, 2.05) is 45.0 Å². The molecular formula is C15H19N3OS. The molecule has 1 heterocycles. The third-order valence-corrected chi connectivity index (χ3v) is 3.81. The van der Waals surface area contributed by atoms with Gasteiger partial charge in [-0.3, -0.25) is 0 Å². The monoisotopic (exact) mass is 289 g/mol. The van der Waals surface area contributed by atoms with E-state index in [1.165, 1.54) is 11.8 Å². The van der Waals surface area contributed by atoms with Crippen molar-refractivity contribution in [2.45, 2.75) is 36.9 Å². The number of methoxy groups -OCH3 is 1. The van der Waals surface area contributed by atoms with Gasteiger partial charge in [-0.1, -0.05) is 6.07 Å². The second-order valence-corrected chi connectivity index (χ2v) is 5.71. The minimum Gasteiger partial charge on any atom is -0.496 e. The first kappa shape index (κ1) is 14.8. The molecule has 0 bridgehead atoms. The minimum absolute atomic E-state index is 0.112. The highest BCUT2D eigenvalue weighted by molar-refractivity contribution is 7.99. The van der Waals surface area contributed by atoms with Crippen molar-refractivity contribution in [3.63, 3.8) is 0 Å². The van der Waals surface area contributed by atoms with E-state index in [-0.39, 0.29) is 6.04 Å². The highest BCUT2D eigenvalue weighted by Crippen LogP contribution is 2.36. The van der Waals surface area contributed by atoms with Crippen molar-refractivity contribution in [3.05, 3.63) is 41.2 Å². The molecule has 0 saturated carbocycles. The van der Waals surface area contributed by atoms with E-state index in [1.54, 1.807) is 7.11 Å². The highest BCUT2D eigenvalue weighted by atomic mass is 32.2. The molecule has 1 unspecified atom stereocenters. The molecule has 2 aromatic rings. The molecule has 4 nitrogen and oxygen atoms in total. The molecule has 0 aliphatic carbocycles. The number of rotatable bonds is 4. The van der Waals surface area contributed by atoms with Crippen LogP contribution in [0, 0.1) is 13.8 Å². The summed E-state index contributed by atoms with van der Waals surface area (Å²) in [4.78, 5) is 9.94. The van der Waals surface area contributed by atoms with Crippen LogP contribution in [0.1, 0.15) is 29.9 Å². The van der Waals surface area contributed by atoms with E-state index >= 15 is 0 Å². The molecule has 0 spiro atoms. The van der Waals surface area contributed by atoms with Gasteiger partial charge in [0.05, 0.1) is 7.11 Å². The van der Waals surface area contributed by atoms with Crippen LogP contribution in [0.2, 0.25) is 0 Å². The zero-order valence-corrected chi connectivity index (χ0v) is 13.0. The second-order valence-electron chi connectivity index (χ2n) is 4.70. The molecule has 1 aromatic carbocycles. The Morgan fingerprint density at radius 2 is 1.85 bits per heavy atom. The average Bonchev–Trinajstić information content (AvgIpc) is 2.36. The molecule has 0 amide bonds. The summed E-state index contributed by atoms with van der Waals surface area (Å²) in [5.41, 5.74) is 8.99. The Morgan fingerprint density at radius 3 is 2.40 bits per heavy atom. The predicted octanol–water partition coefficient (Wildman–Crippen LogP) is 3.27. The van der Waals surface area contributed by atoms with Gasteiger partial charge in [0.15, 0.2) is 5.16 Å². The summed E-state index contributed by atoms with van der Waals surface area (Å²) in [5, 5.41) is 0.734. The lowest BCUT2D eigenvalue weighted by Gasteiger charge is -2.16. The van der Waals surface area contributed by atoms with Gasteiger partial charge in [-0.25, -0.2) is 9.97 Å². The van der Waals surface area contributed by atoms with Gasteiger partial charge in [0.1, 0.15) is 5.75 Å². The van der Waals surface area contributed by atoms with Crippen LogP contribution in [0.5, 0.6) is 5.75 Å². The molecule has 0 aliphatic heterocycles. The Bertz CT molecular complexity index is 594. The fraction of sp³-hybridized carbons (Fsp3) is 0.333. The summed E-state index contributed by atoms with van der Waals surface area (Å²) in [7, 11) is 1.66. The first-order valence-electron chi connectivity index (χ1n) is 6.44. The van der Waals surface area contributed by atoms with Gasteiger partial charge in [-0.15, -0.1) is 0 Å². The van der Waals surface area contributed by atoms with Crippen LogP contribution < -0.4 is 10.5 Å². The van der Waals surface area contributed by atoms with E-state index in [0.29, 0.717) is 0 Å². The standard InChI is InChI=1S/C15H19N3OS/c1-9-8-10(2)18-15(17-9)20-13-7-5-6-12(19-4)14(13)11(3)16/h5-8,11H,16H2,1-4H3. The molecule has 0 saturated heterocycles. The van der Waals surface area contributed by atoms with Crippen molar-refractivity contribution < 1.29 is 4.74 Å². The predicted molar refractivity (Wildman–Crippen MR) is 81.2 cm³/mol.